The Bertz CT molecular complexity index is 864. The van der Waals surface area contributed by atoms with E-state index in [0.29, 0.717) is 21.4 Å². The molecule has 0 fully saturated rings. The van der Waals surface area contributed by atoms with Gasteiger partial charge in [0.1, 0.15) is 17.1 Å². The van der Waals surface area contributed by atoms with E-state index in [1.807, 2.05) is 27.7 Å². The second-order valence-electron chi connectivity index (χ2n) is 6.78. The smallest absolute Gasteiger partial charge is 0.297 e. The predicted octanol–water partition coefficient (Wildman–Crippen LogP) is 3.61. The number of Topliss-reactive ketones (excluding diaryl/α,β-unsaturated/α-hetero) is 1. The van der Waals surface area contributed by atoms with E-state index in [1.165, 1.54) is 0 Å². The number of hydrogen-bond acceptors (Lipinski definition) is 5. The summed E-state index contributed by atoms with van der Waals surface area (Å²) < 4.78 is 0.294. The third kappa shape index (κ3) is 3.24. The van der Waals surface area contributed by atoms with E-state index in [2.05, 4.69) is 0 Å². The van der Waals surface area contributed by atoms with E-state index in [-0.39, 0.29) is 23.1 Å². The van der Waals surface area contributed by atoms with Crippen LogP contribution in [0.15, 0.2) is 23.1 Å². The number of phenols is 1. The molecule has 2 aromatic rings. The highest BCUT2D eigenvalue weighted by Crippen LogP contribution is 2.40. The van der Waals surface area contributed by atoms with Gasteiger partial charge in [-0.1, -0.05) is 27.7 Å². The van der Waals surface area contributed by atoms with Gasteiger partial charge < -0.3 is 15.4 Å². The summed E-state index contributed by atoms with van der Waals surface area (Å²) in [5.41, 5.74) is 0.580. The van der Waals surface area contributed by atoms with E-state index >= 15 is 0 Å². The summed E-state index contributed by atoms with van der Waals surface area (Å²) >= 11 is 0. The Labute approximate surface area is 145 Å². The van der Waals surface area contributed by atoms with Gasteiger partial charge in [-0.05, 0) is 47.6 Å². The Morgan fingerprint density at radius 1 is 1.00 bits per heavy atom. The zero-order chi connectivity index (χ0) is 19.0. The lowest BCUT2D eigenvalue weighted by Crippen LogP contribution is -2.24. The molecule has 0 aliphatic rings. The zero-order valence-electron chi connectivity index (χ0n) is 15.0. The molecule has 0 bridgehead atoms. The van der Waals surface area contributed by atoms with Gasteiger partial charge in [-0.2, -0.15) is 4.73 Å². The van der Waals surface area contributed by atoms with E-state index in [9.17, 15) is 25.0 Å². The number of phenolic OH excluding ortho intramolecular Hbond substituents is 1. The molecule has 0 spiro atoms. The Hall–Kier alpha value is -2.76. The average Bonchev–Trinajstić information content (AvgIpc) is 2.50. The quantitative estimate of drug-likeness (QED) is 0.580. The monoisotopic (exact) mass is 345 g/mol. The van der Waals surface area contributed by atoms with Crippen LogP contribution in [0, 0.1) is 0 Å². The van der Waals surface area contributed by atoms with Crippen molar-refractivity contribution in [1.82, 2.24) is 4.73 Å². The van der Waals surface area contributed by atoms with Gasteiger partial charge in [0.05, 0.1) is 6.20 Å². The molecular weight excluding hydrogens is 322 g/mol. The van der Waals surface area contributed by atoms with Gasteiger partial charge in [-0.25, -0.2) is 0 Å². The van der Waals surface area contributed by atoms with Gasteiger partial charge in [0.2, 0.25) is 0 Å². The highest BCUT2D eigenvalue weighted by atomic mass is 16.5. The maximum Gasteiger partial charge on any atom is 0.297 e. The van der Waals surface area contributed by atoms with Crippen molar-refractivity contribution in [2.45, 2.75) is 46.5 Å². The maximum absolute atomic E-state index is 11.9. The molecule has 3 N–H and O–H groups in total. The fraction of sp³-hybridized carbons (Fsp3) is 0.368. The Morgan fingerprint density at radius 2 is 1.48 bits per heavy atom. The Morgan fingerprint density at radius 3 is 1.88 bits per heavy atom. The standard InChI is InChI=1S/C19H23NO5/c1-9(2)13-6-12(7-14(10(3)4)17(13)22)15-8-20(25)19(24)16(11(5)21)18(15)23/h6-10,22-23,25H,1-5H3. The molecule has 6 nitrogen and oxygen atoms in total. The summed E-state index contributed by atoms with van der Waals surface area (Å²) in [5, 5.41) is 30.7. The first kappa shape index (κ1) is 18.6. The molecule has 0 unspecified atom stereocenters. The van der Waals surface area contributed by atoms with Crippen molar-refractivity contribution in [3.63, 3.8) is 0 Å². The number of benzene rings is 1. The van der Waals surface area contributed by atoms with Crippen molar-refractivity contribution in [1.29, 1.82) is 0 Å². The number of carbonyl (C=O) groups excluding carboxylic acids is 1. The van der Waals surface area contributed by atoms with Crippen molar-refractivity contribution in [2.75, 3.05) is 0 Å². The minimum atomic E-state index is -0.972. The summed E-state index contributed by atoms with van der Waals surface area (Å²) in [6.07, 6.45) is 1.07. The molecule has 0 saturated carbocycles. The highest BCUT2D eigenvalue weighted by Gasteiger charge is 2.22. The zero-order valence-corrected chi connectivity index (χ0v) is 15.0. The van der Waals surface area contributed by atoms with Crippen LogP contribution < -0.4 is 5.56 Å². The number of rotatable bonds is 4. The van der Waals surface area contributed by atoms with E-state index in [0.717, 1.165) is 13.1 Å². The van der Waals surface area contributed by atoms with E-state index in [4.69, 9.17) is 0 Å². The molecule has 1 aromatic carbocycles. The normalized spacial score (nSPS) is 11.3. The first-order valence-corrected chi connectivity index (χ1v) is 8.12. The minimum absolute atomic E-state index is 0.0203. The molecule has 0 aliphatic carbocycles. The first-order chi connectivity index (χ1) is 11.6. The molecule has 25 heavy (non-hydrogen) atoms. The number of aromatic nitrogens is 1. The minimum Gasteiger partial charge on any atom is -0.507 e. The number of ketones is 1. The molecule has 1 aromatic heterocycles. The lowest BCUT2D eigenvalue weighted by Gasteiger charge is -2.18. The van der Waals surface area contributed by atoms with Crippen LogP contribution in [0.1, 0.15) is 67.9 Å². The molecule has 0 atom stereocenters. The lowest BCUT2D eigenvalue weighted by atomic mass is 9.89. The molecule has 0 aliphatic heterocycles. The predicted molar refractivity (Wildman–Crippen MR) is 94.8 cm³/mol. The van der Waals surface area contributed by atoms with Crippen LogP contribution in [0.3, 0.4) is 0 Å². The van der Waals surface area contributed by atoms with Gasteiger partial charge in [-0.15, -0.1) is 0 Å². The topological polar surface area (TPSA) is 99.8 Å². The fourth-order valence-electron chi connectivity index (χ4n) is 2.84. The van der Waals surface area contributed by atoms with Gasteiger partial charge >= 0.3 is 0 Å². The first-order valence-electron chi connectivity index (χ1n) is 8.12. The molecule has 0 saturated heterocycles. The molecular formula is C19H23NO5. The van der Waals surface area contributed by atoms with Gasteiger partial charge in [0.15, 0.2) is 5.78 Å². The Balaban J connectivity index is 2.88. The second kappa shape index (κ2) is 6.63. The fourth-order valence-corrected chi connectivity index (χ4v) is 2.84. The summed E-state index contributed by atoms with van der Waals surface area (Å²) in [6, 6.07) is 3.38. The molecule has 0 amide bonds. The molecule has 2 rings (SSSR count). The van der Waals surface area contributed by atoms with Crippen LogP contribution in [0.25, 0.3) is 11.1 Å². The lowest BCUT2D eigenvalue weighted by molar-refractivity contribution is 0.100. The summed E-state index contributed by atoms with van der Waals surface area (Å²) in [5.74, 6) is -0.881. The highest BCUT2D eigenvalue weighted by molar-refractivity contribution is 5.98. The van der Waals surface area contributed by atoms with Crippen LogP contribution in [0.5, 0.6) is 11.5 Å². The maximum atomic E-state index is 11.9. The van der Waals surface area contributed by atoms with Gasteiger partial charge in [-0.3, -0.25) is 9.59 Å². The summed E-state index contributed by atoms with van der Waals surface area (Å²) in [7, 11) is 0. The third-order valence-corrected chi connectivity index (χ3v) is 4.24. The number of carbonyl (C=O) groups is 1. The van der Waals surface area contributed by atoms with Crippen LogP contribution >= 0.6 is 0 Å². The number of nitrogens with zero attached hydrogens (tertiary/aromatic N) is 1. The summed E-state index contributed by atoms with van der Waals surface area (Å²) in [6.45, 7) is 8.86. The van der Waals surface area contributed by atoms with Crippen molar-refractivity contribution >= 4 is 5.78 Å². The number of aromatic hydroxyl groups is 2. The van der Waals surface area contributed by atoms with Crippen LogP contribution in [-0.4, -0.2) is 25.9 Å². The SMILES string of the molecule is CC(=O)c1c(O)c(-c2cc(C(C)C)c(O)c(C(C)C)c2)cn(O)c1=O. The molecule has 0 radical (unpaired) electrons. The van der Waals surface area contributed by atoms with E-state index < -0.39 is 22.7 Å². The average molecular weight is 345 g/mol. The largest absolute Gasteiger partial charge is 0.507 e. The third-order valence-electron chi connectivity index (χ3n) is 4.24. The second-order valence-corrected chi connectivity index (χ2v) is 6.78. The van der Waals surface area contributed by atoms with Crippen molar-refractivity contribution < 1.29 is 20.2 Å². The summed E-state index contributed by atoms with van der Waals surface area (Å²) in [4.78, 5) is 23.6. The van der Waals surface area contributed by atoms with Gasteiger partial charge in [0.25, 0.3) is 5.56 Å². The van der Waals surface area contributed by atoms with Crippen molar-refractivity contribution in [3.05, 3.63) is 45.4 Å². The number of hydrogen-bond donors (Lipinski definition) is 3. The van der Waals surface area contributed by atoms with Crippen LogP contribution in [-0.2, 0) is 0 Å². The van der Waals surface area contributed by atoms with Crippen LogP contribution in [0.2, 0.25) is 0 Å². The Kier molecular flexibility index (Phi) is 4.92. The van der Waals surface area contributed by atoms with Gasteiger partial charge in [0, 0.05) is 5.56 Å². The molecule has 6 heteroatoms. The van der Waals surface area contributed by atoms with Crippen molar-refractivity contribution in [2.24, 2.45) is 0 Å². The van der Waals surface area contributed by atoms with Crippen LogP contribution in [0.4, 0.5) is 0 Å². The van der Waals surface area contributed by atoms with E-state index in [1.54, 1.807) is 12.1 Å². The number of pyridine rings is 1. The molecule has 1 heterocycles. The molecule has 134 valence electrons. The van der Waals surface area contributed by atoms with Crippen molar-refractivity contribution in [3.8, 4) is 22.6 Å².